The molecule has 0 heterocycles. The van der Waals surface area contributed by atoms with Gasteiger partial charge in [-0.2, -0.15) is 0 Å². The van der Waals surface area contributed by atoms with Gasteiger partial charge in [-0.15, -0.1) is 0 Å². The summed E-state index contributed by atoms with van der Waals surface area (Å²) in [7, 11) is 1.69. The van der Waals surface area contributed by atoms with Crippen molar-refractivity contribution in [1.82, 2.24) is 0 Å². The van der Waals surface area contributed by atoms with Crippen LogP contribution in [0.3, 0.4) is 0 Å². The van der Waals surface area contributed by atoms with Crippen molar-refractivity contribution in [1.29, 1.82) is 0 Å². The zero-order valence-corrected chi connectivity index (χ0v) is 8.66. The minimum absolute atomic E-state index is 0.579. The molecule has 3 nitrogen and oxygen atoms in total. The van der Waals surface area contributed by atoms with Gasteiger partial charge in [0.25, 0.3) is 0 Å². The van der Waals surface area contributed by atoms with Crippen LogP contribution in [-0.2, 0) is 11.2 Å². The molecule has 1 aromatic carbocycles. The van der Waals surface area contributed by atoms with E-state index in [1.807, 2.05) is 24.3 Å². The minimum atomic E-state index is 0.579. The SMILES string of the molecule is COCCc1ccccc1N=C(C)N. The van der Waals surface area contributed by atoms with Crippen molar-refractivity contribution in [2.45, 2.75) is 13.3 Å². The van der Waals surface area contributed by atoms with Crippen LogP contribution in [0.1, 0.15) is 12.5 Å². The molecule has 2 N–H and O–H groups in total. The molecule has 0 saturated heterocycles. The summed E-state index contributed by atoms with van der Waals surface area (Å²) in [5, 5.41) is 0. The van der Waals surface area contributed by atoms with Crippen LogP contribution in [0.4, 0.5) is 5.69 Å². The first kappa shape index (κ1) is 10.7. The molecule has 0 atom stereocenters. The van der Waals surface area contributed by atoms with Gasteiger partial charge in [-0.25, -0.2) is 4.99 Å². The summed E-state index contributed by atoms with van der Waals surface area (Å²) in [5.41, 5.74) is 7.64. The molecule has 0 fully saturated rings. The number of hydrogen-bond donors (Lipinski definition) is 1. The maximum atomic E-state index is 5.54. The highest BCUT2D eigenvalue weighted by Crippen LogP contribution is 2.18. The van der Waals surface area contributed by atoms with Gasteiger partial charge in [-0.1, -0.05) is 18.2 Å². The maximum Gasteiger partial charge on any atom is 0.0965 e. The highest BCUT2D eigenvalue weighted by atomic mass is 16.5. The lowest BCUT2D eigenvalue weighted by atomic mass is 10.1. The number of nitrogens with zero attached hydrogens (tertiary/aromatic N) is 1. The van der Waals surface area contributed by atoms with Gasteiger partial charge in [0.15, 0.2) is 0 Å². The molecule has 14 heavy (non-hydrogen) atoms. The van der Waals surface area contributed by atoms with E-state index < -0.39 is 0 Å². The molecular formula is C11H16N2O. The molecule has 0 saturated carbocycles. The number of para-hydroxylation sites is 1. The van der Waals surface area contributed by atoms with Crippen molar-refractivity contribution in [2.75, 3.05) is 13.7 Å². The van der Waals surface area contributed by atoms with Gasteiger partial charge < -0.3 is 10.5 Å². The number of aliphatic imine (C=N–C) groups is 1. The summed E-state index contributed by atoms with van der Waals surface area (Å²) < 4.78 is 5.03. The molecule has 0 amide bonds. The van der Waals surface area contributed by atoms with Crippen LogP contribution in [0.2, 0.25) is 0 Å². The Kier molecular flexibility index (Phi) is 4.13. The Bertz CT molecular complexity index is 317. The smallest absolute Gasteiger partial charge is 0.0965 e. The lowest BCUT2D eigenvalue weighted by Gasteiger charge is -2.04. The number of hydrogen-bond acceptors (Lipinski definition) is 2. The molecule has 0 aliphatic rings. The molecule has 76 valence electrons. The first-order valence-corrected chi connectivity index (χ1v) is 4.61. The molecule has 0 unspecified atom stereocenters. The summed E-state index contributed by atoms with van der Waals surface area (Å²) in [5.74, 6) is 0.579. The molecule has 0 bridgehead atoms. The number of benzene rings is 1. The zero-order valence-electron chi connectivity index (χ0n) is 8.66. The first-order valence-electron chi connectivity index (χ1n) is 4.61. The van der Waals surface area contributed by atoms with Crippen LogP contribution < -0.4 is 5.73 Å². The van der Waals surface area contributed by atoms with E-state index in [1.165, 1.54) is 5.56 Å². The van der Waals surface area contributed by atoms with Gasteiger partial charge >= 0.3 is 0 Å². The number of amidine groups is 1. The van der Waals surface area contributed by atoms with E-state index in [9.17, 15) is 0 Å². The Morgan fingerprint density at radius 3 is 2.79 bits per heavy atom. The Labute approximate surface area is 84.6 Å². The molecule has 3 heteroatoms. The summed E-state index contributed by atoms with van der Waals surface area (Å²) in [4.78, 5) is 4.25. The van der Waals surface area contributed by atoms with E-state index >= 15 is 0 Å². The fraction of sp³-hybridized carbons (Fsp3) is 0.364. The Morgan fingerprint density at radius 2 is 2.14 bits per heavy atom. The molecule has 1 aromatic rings. The van der Waals surface area contributed by atoms with Gasteiger partial charge in [-0.3, -0.25) is 0 Å². The van der Waals surface area contributed by atoms with E-state index in [2.05, 4.69) is 4.99 Å². The predicted octanol–water partition coefficient (Wildman–Crippen LogP) is 1.88. The number of ether oxygens (including phenoxy) is 1. The highest BCUT2D eigenvalue weighted by molar-refractivity contribution is 5.81. The molecule has 0 aliphatic heterocycles. The predicted molar refractivity (Wildman–Crippen MR) is 59.0 cm³/mol. The summed E-state index contributed by atoms with van der Waals surface area (Å²) in [6, 6.07) is 7.95. The summed E-state index contributed by atoms with van der Waals surface area (Å²) in [6.07, 6.45) is 0.865. The average molecular weight is 192 g/mol. The highest BCUT2D eigenvalue weighted by Gasteiger charge is 1.99. The second-order valence-corrected chi connectivity index (χ2v) is 3.12. The number of methoxy groups -OCH3 is 1. The van der Waals surface area contributed by atoms with E-state index in [1.54, 1.807) is 14.0 Å². The zero-order chi connectivity index (χ0) is 10.4. The quantitative estimate of drug-likeness (QED) is 0.585. The van der Waals surface area contributed by atoms with Crippen molar-refractivity contribution in [3.8, 4) is 0 Å². The largest absolute Gasteiger partial charge is 0.387 e. The van der Waals surface area contributed by atoms with Crippen molar-refractivity contribution in [2.24, 2.45) is 10.7 Å². The molecule has 0 radical (unpaired) electrons. The molecule has 1 rings (SSSR count). The lowest BCUT2D eigenvalue weighted by Crippen LogP contribution is -2.04. The Hall–Kier alpha value is -1.35. The minimum Gasteiger partial charge on any atom is -0.387 e. The van der Waals surface area contributed by atoms with E-state index in [-0.39, 0.29) is 0 Å². The third-order valence-electron chi connectivity index (χ3n) is 1.86. The molecule has 0 spiro atoms. The molecule has 0 aromatic heterocycles. The van der Waals surface area contributed by atoms with Crippen LogP contribution in [0.5, 0.6) is 0 Å². The Balaban J connectivity index is 2.86. The van der Waals surface area contributed by atoms with Crippen molar-refractivity contribution in [3.05, 3.63) is 29.8 Å². The standard InChI is InChI=1S/C11H16N2O/c1-9(12)13-11-6-4-3-5-10(11)7-8-14-2/h3-6H,7-8H2,1-2H3,(H2,12,13). The monoisotopic (exact) mass is 192 g/mol. The van der Waals surface area contributed by atoms with Gasteiger partial charge in [0, 0.05) is 7.11 Å². The summed E-state index contributed by atoms with van der Waals surface area (Å²) >= 11 is 0. The van der Waals surface area contributed by atoms with E-state index in [4.69, 9.17) is 10.5 Å². The normalized spacial score (nSPS) is 11.7. The Morgan fingerprint density at radius 1 is 1.43 bits per heavy atom. The average Bonchev–Trinajstić information content (AvgIpc) is 2.16. The molecular weight excluding hydrogens is 176 g/mol. The van der Waals surface area contributed by atoms with Crippen molar-refractivity contribution >= 4 is 11.5 Å². The third kappa shape index (κ3) is 3.18. The number of rotatable bonds is 4. The van der Waals surface area contributed by atoms with Gasteiger partial charge in [0.1, 0.15) is 0 Å². The third-order valence-corrected chi connectivity index (χ3v) is 1.86. The second-order valence-electron chi connectivity index (χ2n) is 3.12. The number of nitrogens with two attached hydrogens (primary N) is 1. The van der Waals surface area contributed by atoms with Crippen LogP contribution in [0.25, 0.3) is 0 Å². The van der Waals surface area contributed by atoms with Gasteiger partial charge in [-0.05, 0) is 25.0 Å². The van der Waals surface area contributed by atoms with Crippen molar-refractivity contribution in [3.63, 3.8) is 0 Å². The van der Waals surface area contributed by atoms with E-state index in [0.717, 1.165) is 12.1 Å². The topological polar surface area (TPSA) is 47.6 Å². The fourth-order valence-electron chi connectivity index (χ4n) is 1.23. The van der Waals surface area contributed by atoms with Crippen LogP contribution in [0.15, 0.2) is 29.3 Å². The van der Waals surface area contributed by atoms with Crippen LogP contribution in [0, 0.1) is 0 Å². The second kappa shape index (κ2) is 5.40. The van der Waals surface area contributed by atoms with Crippen LogP contribution in [-0.4, -0.2) is 19.6 Å². The molecule has 0 aliphatic carbocycles. The summed E-state index contributed by atoms with van der Waals surface area (Å²) in [6.45, 7) is 2.49. The van der Waals surface area contributed by atoms with Gasteiger partial charge in [0.05, 0.1) is 18.1 Å². The fourth-order valence-corrected chi connectivity index (χ4v) is 1.23. The first-order chi connectivity index (χ1) is 6.74. The van der Waals surface area contributed by atoms with E-state index in [0.29, 0.717) is 12.4 Å². The van der Waals surface area contributed by atoms with Crippen molar-refractivity contribution < 1.29 is 4.74 Å². The lowest BCUT2D eigenvalue weighted by molar-refractivity contribution is 0.202. The maximum absolute atomic E-state index is 5.54. The van der Waals surface area contributed by atoms with Crippen LogP contribution >= 0.6 is 0 Å². The van der Waals surface area contributed by atoms with Gasteiger partial charge in [0.2, 0.25) is 0 Å².